The van der Waals surface area contributed by atoms with Crippen LogP contribution in [0.25, 0.3) is 11.3 Å². The maximum atomic E-state index is 12.2. The Morgan fingerprint density at radius 2 is 2.13 bits per heavy atom. The van der Waals surface area contributed by atoms with E-state index < -0.39 is 0 Å². The number of nitrogens with zero attached hydrogens (tertiary/aromatic N) is 2. The molecule has 1 aromatic carbocycles. The van der Waals surface area contributed by atoms with E-state index in [1.165, 1.54) is 0 Å². The second-order valence-electron chi connectivity index (χ2n) is 7.23. The number of aromatic nitrogens is 1. The summed E-state index contributed by atoms with van der Waals surface area (Å²) < 4.78 is 11.4. The van der Waals surface area contributed by atoms with Gasteiger partial charge in [-0.1, -0.05) is 29.8 Å². The normalized spacial score (nSPS) is 18.2. The highest BCUT2D eigenvalue weighted by molar-refractivity contribution is 7.80. The van der Waals surface area contributed by atoms with Gasteiger partial charge in [0.25, 0.3) is 0 Å². The van der Waals surface area contributed by atoms with Gasteiger partial charge in [0.1, 0.15) is 24.1 Å². The van der Waals surface area contributed by atoms with Crippen molar-refractivity contribution in [3.8, 4) is 11.3 Å². The summed E-state index contributed by atoms with van der Waals surface area (Å²) in [6, 6.07) is 14.7. The molecule has 1 aliphatic heterocycles. The van der Waals surface area contributed by atoms with Crippen LogP contribution in [0.5, 0.6) is 0 Å². The molecular formula is C23H22ClN3O3S. The third kappa shape index (κ3) is 4.43. The van der Waals surface area contributed by atoms with Gasteiger partial charge in [0, 0.05) is 16.8 Å². The molecule has 1 N–H and O–H groups in total. The SMILES string of the molecule is CCOC(=O)CN1C(=S)N[C@@H](c2ccccn2)[C@H]1c1ccc(-c2ccc(C)c(Cl)c2)o1. The zero-order chi connectivity index (χ0) is 22.0. The first-order valence-electron chi connectivity index (χ1n) is 9.98. The van der Waals surface area contributed by atoms with Crippen molar-refractivity contribution in [2.75, 3.05) is 13.2 Å². The van der Waals surface area contributed by atoms with Crippen molar-refractivity contribution in [2.24, 2.45) is 0 Å². The fourth-order valence-electron chi connectivity index (χ4n) is 3.64. The van der Waals surface area contributed by atoms with Crippen LogP contribution in [-0.4, -0.2) is 34.1 Å². The van der Waals surface area contributed by atoms with E-state index in [2.05, 4.69) is 10.3 Å². The summed E-state index contributed by atoms with van der Waals surface area (Å²) in [5.74, 6) is 1.000. The lowest BCUT2D eigenvalue weighted by molar-refractivity contribution is -0.143. The molecule has 2 atom stereocenters. The number of hydrogen-bond acceptors (Lipinski definition) is 5. The minimum atomic E-state index is -0.360. The molecule has 1 fully saturated rings. The summed E-state index contributed by atoms with van der Waals surface area (Å²) in [7, 11) is 0. The molecule has 0 radical (unpaired) electrons. The number of esters is 1. The highest BCUT2D eigenvalue weighted by Gasteiger charge is 2.42. The van der Waals surface area contributed by atoms with Crippen LogP contribution in [0.15, 0.2) is 59.1 Å². The van der Waals surface area contributed by atoms with Crippen LogP contribution in [0.2, 0.25) is 5.02 Å². The minimum Gasteiger partial charge on any atom is -0.465 e. The second kappa shape index (κ2) is 9.08. The number of pyridine rings is 1. The fourth-order valence-corrected chi connectivity index (χ4v) is 4.13. The molecule has 6 nitrogen and oxygen atoms in total. The number of ether oxygens (including phenoxy) is 1. The van der Waals surface area contributed by atoms with Gasteiger partial charge in [-0.2, -0.15) is 0 Å². The Morgan fingerprint density at radius 1 is 1.29 bits per heavy atom. The van der Waals surface area contributed by atoms with E-state index in [9.17, 15) is 4.79 Å². The van der Waals surface area contributed by atoms with Crippen molar-refractivity contribution < 1.29 is 13.9 Å². The van der Waals surface area contributed by atoms with Crippen molar-refractivity contribution in [3.63, 3.8) is 0 Å². The van der Waals surface area contributed by atoms with Crippen LogP contribution >= 0.6 is 23.8 Å². The van der Waals surface area contributed by atoms with Gasteiger partial charge >= 0.3 is 5.97 Å². The first kappa shape index (κ1) is 21.3. The van der Waals surface area contributed by atoms with E-state index in [-0.39, 0.29) is 24.6 Å². The van der Waals surface area contributed by atoms with Gasteiger partial charge in [-0.05, 0) is 62.0 Å². The van der Waals surface area contributed by atoms with Gasteiger partial charge in [0.2, 0.25) is 0 Å². The van der Waals surface area contributed by atoms with Crippen LogP contribution < -0.4 is 5.32 Å². The molecule has 1 aliphatic rings. The number of hydrogen-bond donors (Lipinski definition) is 1. The summed E-state index contributed by atoms with van der Waals surface area (Å²) in [4.78, 5) is 18.5. The molecule has 160 valence electrons. The largest absolute Gasteiger partial charge is 0.465 e. The van der Waals surface area contributed by atoms with Crippen molar-refractivity contribution >= 4 is 34.9 Å². The predicted molar refractivity (Wildman–Crippen MR) is 123 cm³/mol. The Labute approximate surface area is 191 Å². The van der Waals surface area contributed by atoms with Gasteiger partial charge in [0.15, 0.2) is 5.11 Å². The number of nitrogens with one attached hydrogen (secondary N) is 1. The summed E-state index contributed by atoms with van der Waals surface area (Å²) in [5, 5.41) is 4.41. The van der Waals surface area contributed by atoms with Crippen LogP contribution in [0.1, 0.15) is 36.0 Å². The Balaban J connectivity index is 1.71. The lowest BCUT2D eigenvalue weighted by atomic mass is 10.0. The van der Waals surface area contributed by atoms with Crippen LogP contribution in [0.3, 0.4) is 0 Å². The molecule has 1 saturated heterocycles. The molecule has 0 unspecified atom stereocenters. The summed E-state index contributed by atoms with van der Waals surface area (Å²) >= 11 is 11.8. The van der Waals surface area contributed by atoms with Crippen LogP contribution in [0, 0.1) is 6.92 Å². The Hall–Kier alpha value is -2.90. The fraction of sp³-hybridized carbons (Fsp3) is 0.261. The number of aryl methyl sites for hydroxylation is 1. The molecule has 31 heavy (non-hydrogen) atoms. The minimum absolute atomic E-state index is 0.0140. The molecule has 0 bridgehead atoms. The molecule has 3 heterocycles. The number of halogens is 1. The van der Waals surface area contributed by atoms with E-state index in [1.807, 2.05) is 55.5 Å². The van der Waals surface area contributed by atoms with Gasteiger partial charge < -0.3 is 19.4 Å². The van der Waals surface area contributed by atoms with Gasteiger partial charge in [0.05, 0.1) is 18.3 Å². The summed E-state index contributed by atoms with van der Waals surface area (Å²) in [5.41, 5.74) is 2.68. The monoisotopic (exact) mass is 455 g/mol. The molecule has 8 heteroatoms. The zero-order valence-corrected chi connectivity index (χ0v) is 18.7. The molecule has 0 spiro atoms. The van der Waals surface area contributed by atoms with E-state index in [0.717, 1.165) is 16.8 Å². The lowest BCUT2D eigenvalue weighted by Gasteiger charge is -2.25. The zero-order valence-electron chi connectivity index (χ0n) is 17.2. The number of thiocarbonyl (C=S) groups is 1. The second-order valence-corrected chi connectivity index (χ2v) is 8.02. The van der Waals surface area contributed by atoms with E-state index >= 15 is 0 Å². The van der Waals surface area contributed by atoms with E-state index in [0.29, 0.717) is 28.3 Å². The first-order valence-corrected chi connectivity index (χ1v) is 10.8. The third-order valence-electron chi connectivity index (χ3n) is 5.18. The average Bonchev–Trinajstić information content (AvgIpc) is 3.36. The van der Waals surface area contributed by atoms with Crippen molar-refractivity contribution in [1.29, 1.82) is 0 Å². The molecule has 0 aliphatic carbocycles. The van der Waals surface area contributed by atoms with Crippen LogP contribution in [-0.2, 0) is 9.53 Å². The average molecular weight is 456 g/mol. The van der Waals surface area contributed by atoms with Crippen molar-refractivity contribution in [1.82, 2.24) is 15.2 Å². The molecule has 0 amide bonds. The highest BCUT2D eigenvalue weighted by Crippen LogP contribution is 2.40. The molecular weight excluding hydrogens is 434 g/mol. The predicted octanol–water partition coefficient (Wildman–Crippen LogP) is 4.84. The maximum Gasteiger partial charge on any atom is 0.325 e. The number of benzene rings is 1. The van der Waals surface area contributed by atoms with Crippen molar-refractivity contribution in [2.45, 2.75) is 25.9 Å². The van der Waals surface area contributed by atoms with E-state index in [4.69, 9.17) is 33.0 Å². The Morgan fingerprint density at radius 3 is 2.84 bits per heavy atom. The topological polar surface area (TPSA) is 67.6 Å². The van der Waals surface area contributed by atoms with Gasteiger partial charge in [-0.15, -0.1) is 0 Å². The Kier molecular flexibility index (Phi) is 6.25. The standard InChI is InChI=1S/C23H22ClN3O3S/c1-3-29-20(28)13-27-22(21(26-23(27)31)17-6-4-5-11-25-17)19-10-9-18(30-19)15-8-7-14(2)16(24)12-15/h4-12,21-22H,3,13H2,1-2H3,(H,26,31)/t21-,22+/m0/s1. The number of furan rings is 1. The van der Waals surface area contributed by atoms with E-state index in [1.54, 1.807) is 18.0 Å². The quantitative estimate of drug-likeness (QED) is 0.421. The summed E-state index contributed by atoms with van der Waals surface area (Å²) in [6.07, 6.45) is 1.73. The molecule has 0 saturated carbocycles. The molecule has 4 rings (SSSR count). The molecule has 3 aromatic rings. The Bertz CT molecular complexity index is 1100. The third-order valence-corrected chi connectivity index (χ3v) is 5.94. The smallest absolute Gasteiger partial charge is 0.325 e. The van der Waals surface area contributed by atoms with Crippen LogP contribution in [0.4, 0.5) is 0 Å². The number of rotatable bonds is 6. The number of carbonyl (C=O) groups excluding carboxylic acids is 1. The van der Waals surface area contributed by atoms with Gasteiger partial charge in [-0.3, -0.25) is 9.78 Å². The summed E-state index contributed by atoms with van der Waals surface area (Å²) in [6.45, 7) is 4.05. The highest BCUT2D eigenvalue weighted by atomic mass is 35.5. The lowest BCUT2D eigenvalue weighted by Crippen LogP contribution is -2.35. The maximum absolute atomic E-state index is 12.2. The molecule has 2 aromatic heterocycles. The van der Waals surface area contributed by atoms with Gasteiger partial charge in [-0.25, -0.2) is 0 Å². The van der Waals surface area contributed by atoms with Crippen molar-refractivity contribution in [3.05, 3.63) is 76.8 Å². The number of carbonyl (C=O) groups is 1. The first-order chi connectivity index (χ1) is 15.0.